The van der Waals surface area contributed by atoms with Crippen LogP contribution in [0.2, 0.25) is 0 Å². The molecule has 0 spiro atoms. The normalized spacial score (nSPS) is 16.5. The first-order chi connectivity index (χ1) is 14.0. The van der Waals surface area contributed by atoms with Crippen LogP contribution in [0.5, 0.6) is 0 Å². The fraction of sp³-hybridized carbons (Fsp3) is 0.435. The molecule has 1 saturated carbocycles. The Bertz CT molecular complexity index is 1040. The number of nitrogens with one attached hydrogen (secondary N) is 1. The van der Waals surface area contributed by atoms with Gasteiger partial charge in [-0.15, -0.1) is 10.2 Å². The first-order valence-electron chi connectivity index (χ1n) is 10.5. The lowest BCUT2D eigenvalue weighted by Crippen LogP contribution is -2.26. The average molecular weight is 392 g/mol. The van der Waals surface area contributed by atoms with Crippen molar-refractivity contribution < 1.29 is 4.79 Å². The minimum absolute atomic E-state index is 0.132. The number of aryl methyl sites for hydroxylation is 1. The van der Waals surface area contributed by atoms with E-state index >= 15 is 0 Å². The number of hydrogen-bond donors (Lipinski definition) is 1. The summed E-state index contributed by atoms with van der Waals surface area (Å²) in [7, 11) is 0. The highest BCUT2D eigenvalue weighted by Gasteiger charge is 2.19. The second-order valence-corrected chi connectivity index (χ2v) is 8.04. The zero-order valence-corrected chi connectivity index (χ0v) is 17.4. The fourth-order valence-corrected chi connectivity index (χ4v) is 4.52. The highest BCUT2D eigenvalue weighted by Crippen LogP contribution is 2.32. The van der Waals surface area contributed by atoms with E-state index in [0.29, 0.717) is 6.04 Å². The summed E-state index contributed by atoms with van der Waals surface area (Å²) in [5.74, 6) is 0.588. The largest absolute Gasteiger partial charge is 0.346 e. The van der Waals surface area contributed by atoms with Crippen LogP contribution in [0.1, 0.15) is 73.9 Å². The summed E-state index contributed by atoms with van der Waals surface area (Å²) in [6.45, 7) is 6.24. The Balaban J connectivity index is 1.45. The van der Waals surface area contributed by atoms with E-state index in [1.807, 2.05) is 41.8 Å². The van der Waals surface area contributed by atoms with Crippen molar-refractivity contribution in [2.24, 2.45) is 0 Å². The van der Waals surface area contributed by atoms with Crippen molar-refractivity contribution in [1.82, 2.24) is 24.5 Å². The molecule has 0 radical (unpaired) electrons. The molecule has 6 heteroatoms. The maximum absolute atomic E-state index is 12.5. The number of aromatic nitrogens is 4. The Morgan fingerprint density at radius 2 is 2.00 bits per heavy atom. The Morgan fingerprint density at radius 3 is 2.79 bits per heavy atom. The minimum Gasteiger partial charge on any atom is -0.346 e. The molecule has 29 heavy (non-hydrogen) atoms. The first kappa shape index (κ1) is 19.4. The molecule has 1 amide bonds. The van der Waals surface area contributed by atoms with E-state index in [1.165, 1.54) is 43.5 Å². The molecular formula is C23H29N5O. The third kappa shape index (κ3) is 3.97. The summed E-state index contributed by atoms with van der Waals surface area (Å²) in [6.07, 6.45) is 11.9. The predicted octanol–water partition coefficient (Wildman–Crippen LogP) is 4.54. The summed E-state index contributed by atoms with van der Waals surface area (Å²) in [6, 6.07) is 8.29. The molecule has 0 saturated heterocycles. The number of amides is 1. The van der Waals surface area contributed by atoms with Crippen molar-refractivity contribution in [3.63, 3.8) is 0 Å². The molecule has 3 aromatic rings. The molecule has 0 aliphatic heterocycles. The van der Waals surface area contributed by atoms with Gasteiger partial charge in [0.1, 0.15) is 0 Å². The molecule has 152 valence electrons. The zero-order valence-electron chi connectivity index (χ0n) is 17.4. The molecule has 3 aromatic heterocycles. The van der Waals surface area contributed by atoms with Crippen LogP contribution in [-0.4, -0.2) is 25.1 Å². The third-order valence-electron chi connectivity index (χ3n) is 5.96. The zero-order chi connectivity index (χ0) is 20.4. The van der Waals surface area contributed by atoms with E-state index in [1.54, 1.807) is 6.08 Å². The van der Waals surface area contributed by atoms with E-state index in [0.717, 1.165) is 17.0 Å². The number of pyridine rings is 1. The molecule has 0 bridgehead atoms. The fourth-order valence-electron chi connectivity index (χ4n) is 4.52. The highest BCUT2D eigenvalue weighted by atomic mass is 16.1. The number of rotatable bonds is 5. The highest BCUT2D eigenvalue weighted by molar-refractivity contribution is 5.92. The number of fused-ring (bicyclic) bond motifs is 1. The van der Waals surface area contributed by atoms with Gasteiger partial charge in [-0.2, -0.15) is 0 Å². The van der Waals surface area contributed by atoms with Gasteiger partial charge in [0.25, 0.3) is 0 Å². The number of nitrogens with zero attached hydrogens (tertiary/aromatic N) is 4. The van der Waals surface area contributed by atoms with Gasteiger partial charge in [0.2, 0.25) is 5.91 Å². The maximum atomic E-state index is 12.5. The van der Waals surface area contributed by atoms with E-state index in [4.69, 9.17) is 0 Å². The minimum atomic E-state index is -0.237. The molecule has 1 aliphatic rings. The molecule has 1 unspecified atom stereocenters. The van der Waals surface area contributed by atoms with Crippen LogP contribution in [0, 0.1) is 13.8 Å². The van der Waals surface area contributed by atoms with Crippen molar-refractivity contribution in [2.45, 2.75) is 65.0 Å². The molecule has 0 aromatic carbocycles. The monoisotopic (exact) mass is 391 g/mol. The SMILES string of the molecule is Cc1cc(/C=C/C(=O)NC(C)c2nnc3ccccn23)c(C)n1C1CCCCC1. The second-order valence-electron chi connectivity index (χ2n) is 8.04. The summed E-state index contributed by atoms with van der Waals surface area (Å²) < 4.78 is 4.36. The topological polar surface area (TPSA) is 64.2 Å². The Labute approximate surface area is 171 Å². The lowest BCUT2D eigenvalue weighted by atomic mass is 9.95. The molecule has 6 nitrogen and oxygen atoms in total. The summed E-state index contributed by atoms with van der Waals surface area (Å²) in [4.78, 5) is 12.5. The Kier molecular flexibility index (Phi) is 5.51. The van der Waals surface area contributed by atoms with Crippen LogP contribution in [0.3, 0.4) is 0 Å². The molecule has 3 heterocycles. The van der Waals surface area contributed by atoms with E-state index in [2.05, 4.69) is 40.0 Å². The lowest BCUT2D eigenvalue weighted by Gasteiger charge is -2.26. The summed E-state index contributed by atoms with van der Waals surface area (Å²) in [5.41, 5.74) is 4.41. The average Bonchev–Trinajstić information content (AvgIpc) is 3.27. The number of hydrogen-bond acceptors (Lipinski definition) is 3. The molecular weight excluding hydrogens is 362 g/mol. The van der Waals surface area contributed by atoms with Crippen LogP contribution in [-0.2, 0) is 4.79 Å². The lowest BCUT2D eigenvalue weighted by molar-refractivity contribution is -0.117. The van der Waals surface area contributed by atoms with Crippen LogP contribution in [0.4, 0.5) is 0 Å². The van der Waals surface area contributed by atoms with Gasteiger partial charge >= 0.3 is 0 Å². The Morgan fingerprint density at radius 1 is 1.21 bits per heavy atom. The van der Waals surface area contributed by atoms with Crippen LogP contribution < -0.4 is 5.32 Å². The molecule has 4 rings (SSSR count). The number of carbonyl (C=O) groups excluding carboxylic acids is 1. The standard InChI is InChI=1S/C23H29N5O/c1-16-15-19(18(3)28(16)20-9-5-4-6-10-20)12-13-22(29)24-17(2)23-26-25-21-11-7-8-14-27(21)23/h7-8,11-15,17,20H,4-6,9-10H2,1-3H3,(H,24,29)/b13-12+. The predicted molar refractivity (Wildman–Crippen MR) is 115 cm³/mol. The van der Waals surface area contributed by atoms with Crippen molar-refractivity contribution in [2.75, 3.05) is 0 Å². The van der Waals surface area contributed by atoms with Gasteiger partial charge in [-0.3, -0.25) is 9.20 Å². The summed E-state index contributed by atoms with van der Waals surface area (Å²) in [5, 5.41) is 11.4. The van der Waals surface area contributed by atoms with Crippen LogP contribution >= 0.6 is 0 Å². The van der Waals surface area contributed by atoms with Gasteiger partial charge < -0.3 is 9.88 Å². The van der Waals surface area contributed by atoms with Gasteiger partial charge in [0.05, 0.1) is 6.04 Å². The smallest absolute Gasteiger partial charge is 0.244 e. The molecule has 1 atom stereocenters. The maximum Gasteiger partial charge on any atom is 0.244 e. The van der Waals surface area contributed by atoms with Gasteiger partial charge in [-0.25, -0.2) is 0 Å². The van der Waals surface area contributed by atoms with Crippen LogP contribution in [0.25, 0.3) is 11.7 Å². The first-order valence-corrected chi connectivity index (χ1v) is 10.5. The third-order valence-corrected chi connectivity index (χ3v) is 5.96. The van der Waals surface area contributed by atoms with E-state index in [-0.39, 0.29) is 11.9 Å². The van der Waals surface area contributed by atoms with Crippen molar-refractivity contribution in [3.8, 4) is 0 Å². The second kappa shape index (κ2) is 8.23. The van der Waals surface area contributed by atoms with Crippen molar-refractivity contribution in [1.29, 1.82) is 0 Å². The molecule has 1 N–H and O–H groups in total. The summed E-state index contributed by atoms with van der Waals surface area (Å²) >= 11 is 0. The van der Waals surface area contributed by atoms with E-state index < -0.39 is 0 Å². The van der Waals surface area contributed by atoms with Gasteiger partial charge in [0, 0.05) is 29.7 Å². The van der Waals surface area contributed by atoms with Gasteiger partial charge in [-0.1, -0.05) is 25.3 Å². The molecule has 1 fully saturated rings. The quantitative estimate of drug-likeness (QED) is 0.649. The van der Waals surface area contributed by atoms with Gasteiger partial charge in [0.15, 0.2) is 11.5 Å². The molecule has 1 aliphatic carbocycles. The number of carbonyl (C=O) groups is 1. The van der Waals surface area contributed by atoms with Crippen LogP contribution in [0.15, 0.2) is 36.5 Å². The Hall–Kier alpha value is -2.89. The van der Waals surface area contributed by atoms with E-state index in [9.17, 15) is 4.79 Å². The van der Waals surface area contributed by atoms with Gasteiger partial charge in [-0.05, 0) is 63.5 Å². The van der Waals surface area contributed by atoms with Crippen molar-refractivity contribution in [3.05, 3.63) is 59.3 Å². The van der Waals surface area contributed by atoms with Crippen molar-refractivity contribution >= 4 is 17.6 Å².